The largest absolute Gasteiger partial charge is 0.496 e. The van der Waals surface area contributed by atoms with Crippen LogP contribution in [0.15, 0.2) is 30.5 Å². The number of esters is 1. The first-order valence-electron chi connectivity index (χ1n) is 8.12. The first-order valence-corrected chi connectivity index (χ1v) is 8.12. The number of nitrogens with zero attached hydrogens (tertiary/aromatic N) is 3. The summed E-state index contributed by atoms with van der Waals surface area (Å²) in [6.45, 7) is 5.20. The predicted molar refractivity (Wildman–Crippen MR) is 95.8 cm³/mol. The molecule has 10 nitrogen and oxygen atoms in total. The molecule has 0 aliphatic carbocycles. The number of carbonyl (C=O) groups is 2. The summed E-state index contributed by atoms with van der Waals surface area (Å²) < 4.78 is 11.8. The molecule has 0 bridgehead atoms. The zero-order valence-corrected chi connectivity index (χ0v) is 15.3. The van der Waals surface area contributed by atoms with Gasteiger partial charge in [-0.3, -0.25) is 14.9 Å². The van der Waals surface area contributed by atoms with Crippen LogP contribution in [0.1, 0.15) is 37.2 Å². The summed E-state index contributed by atoms with van der Waals surface area (Å²) in [4.78, 5) is 35.0. The van der Waals surface area contributed by atoms with Gasteiger partial charge in [-0.2, -0.15) is 5.10 Å². The second kappa shape index (κ2) is 8.30. The Morgan fingerprint density at radius 3 is 2.56 bits per heavy atom. The van der Waals surface area contributed by atoms with Gasteiger partial charge in [0, 0.05) is 24.2 Å². The van der Waals surface area contributed by atoms with Crippen LogP contribution in [0.4, 0.5) is 11.5 Å². The van der Waals surface area contributed by atoms with Crippen LogP contribution in [-0.2, 0) is 9.53 Å². The van der Waals surface area contributed by atoms with Crippen molar-refractivity contribution in [2.24, 2.45) is 0 Å². The first-order chi connectivity index (χ1) is 12.7. The Morgan fingerprint density at radius 2 is 1.96 bits per heavy atom. The third-order valence-corrected chi connectivity index (χ3v) is 3.68. The van der Waals surface area contributed by atoms with Crippen LogP contribution in [-0.4, -0.2) is 39.8 Å². The summed E-state index contributed by atoms with van der Waals surface area (Å²) in [5, 5.41) is 17.6. The Kier molecular flexibility index (Phi) is 6.11. The lowest BCUT2D eigenvalue weighted by Crippen LogP contribution is -2.31. The van der Waals surface area contributed by atoms with Gasteiger partial charge in [0.2, 0.25) is 0 Å². The maximum atomic E-state index is 12.4. The van der Waals surface area contributed by atoms with Gasteiger partial charge in [-0.25, -0.2) is 9.48 Å². The summed E-state index contributed by atoms with van der Waals surface area (Å²) in [5.41, 5.74) is -0.431. The van der Waals surface area contributed by atoms with E-state index in [9.17, 15) is 19.7 Å². The molecule has 1 N–H and O–H groups in total. The quantitative estimate of drug-likeness (QED) is 0.447. The van der Waals surface area contributed by atoms with Gasteiger partial charge in [0.1, 0.15) is 17.1 Å². The molecule has 0 saturated heterocycles. The van der Waals surface area contributed by atoms with E-state index in [2.05, 4.69) is 10.4 Å². The minimum Gasteiger partial charge on any atom is -0.496 e. The lowest BCUT2D eigenvalue weighted by molar-refractivity contribution is -0.384. The third-order valence-electron chi connectivity index (χ3n) is 3.68. The SMILES string of the molecule is COc1ccc([N+](=O)[O-])cc1C(=O)OC(C)C(=O)Nc1ccnn1C(C)C. The highest BCUT2D eigenvalue weighted by atomic mass is 16.6. The molecule has 1 aromatic heterocycles. The fourth-order valence-corrected chi connectivity index (χ4v) is 2.30. The maximum Gasteiger partial charge on any atom is 0.342 e. The summed E-state index contributed by atoms with van der Waals surface area (Å²) in [5.74, 6) is -0.896. The van der Waals surface area contributed by atoms with Crippen molar-refractivity contribution >= 4 is 23.4 Å². The van der Waals surface area contributed by atoms with E-state index in [1.807, 2.05) is 13.8 Å². The fourth-order valence-electron chi connectivity index (χ4n) is 2.30. The number of nitro groups is 1. The van der Waals surface area contributed by atoms with Gasteiger partial charge in [-0.05, 0) is 26.8 Å². The van der Waals surface area contributed by atoms with Gasteiger partial charge in [0.25, 0.3) is 11.6 Å². The van der Waals surface area contributed by atoms with E-state index in [1.165, 1.54) is 26.2 Å². The van der Waals surface area contributed by atoms with Crippen molar-refractivity contribution < 1.29 is 24.0 Å². The van der Waals surface area contributed by atoms with Crippen molar-refractivity contribution in [1.29, 1.82) is 0 Å². The van der Waals surface area contributed by atoms with E-state index in [-0.39, 0.29) is 23.0 Å². The van der Waals surface area contributed by atoms with E-state index in [0.717, 1.165) is 6.07 Å². The van der Waals surface area contributed by atoms with Gasteiger partial charge in [-0.1, -0.05) is 0 Å². The normalized spacial score (nSPS) is 11.7. The third kappa shape index (κ3) is 4.60. The lowest BCUT2D eigenvalue weighted by atomic mass is 10.1. The Morgan fingerprint density at radius 1 is 1.26 bits per heavy atom. The molecule has 2 rings (SSSR count). The highest BCUT2D eigenvalue weighted by Crippen LogP contribution is 2.25. The summed E-state index contributed by atoms with van der Waals surface area (Å²) in [6.07, 6.45) is 0.400. The molecular weight excluding hydrogens is 356 g/mol. The average Bonchev–Trinajstić information content (AvgIpc) is 3.09. The van der Waals surface area contributed by atoms with E-state index >= 15 is 0 Å². The Bertz CT molecular complexity index is 861. The van der Waals surface area contributed by atoms with Crippen LogP contribution in [0.2, 0.25) is 0 Å². The van der Waals surface area contributed by atoms with Gasteiger partial charge >= 0.3 is 5.97 Å². The Labute approximate surface area is 155 Å². The molecule has 2 aromatic rings. The molecule has 1 unspecified atom stereocenters. The number of nitrogens with one attached hydrogen (secondary N) is 1. The zero-order chi connectivity index (χ0) is 20.1. The number of carbonyl (C=O) groups excluding carboxylic acids is 2. The Hall–Kier alpha value is -3.43. The number of amides is 1. The molecule has 1 heterocycles. The average molecular weight is 376 g/mol. The van der Waals surface area contributed by atoms with Crippen LogP contribution >= 0.6 is 0 Å². The molecule has 10 heteroatoms. The molecule has 0 aliphatic rings. The number of aromatic nitrogens is 2. The number of anilines is 1. The van der Waals surface area contributed by atoms with E-state index in [0.29, 0.717) is 5.82 Å². The second-order valence-electron chi connectivity index (χ2n) is 5.93. The van der Waals surface area contributed by atoms with Crippen molar-refractivity contribution in [2.75, 3.05) is 12.4 Å². The molecule has 27 heavy (non-hydrogen) atoms. The number of nitro benzene ring substituents is 1. The van der Waals surface area contributed by atoms with E-state index in [4.69, 9.17) is 9.47 Å². The van der Waals surface area contributed by atoms with Crippen molar-refractivity contribution in [1.82, 2.24) is 9.78 Å². The van der Waals surface area contributed by atoms with Crippen LogP contribution in [0.5, 0.6) is 5.75 Å². The molecule has 0 fully saturated rings. The van der Waals surface area contributed by atoms with Gasteiger partial charge in [-0.15, -0.1) is 0 Å². The number of ether oxygens (including phenoxy) is 2. The molecular formula is C17H20N4O6. The number of benzene rings is 1. The topological polar surface area (TPSA) is 126 Å². The van der Waals surface area contributed by atoms with Gasteiger partial charge in [0.05, 0.1) is 18.2 Å². The number of methoxy groups -OCH3 is 1. The van der Waals surface area contributed by atoms with Crippen molar-refractivity contribution in [3.8, 4) is 5.75 Å². The smallest absolute Gasteiger partial charge is 0.342 e. The maximum absolute atomic E-state index is 12.4. The van der Waals surface area contributed by atoms with Gasteiger partial charge < -0.3 is 14.8 Å². The predicted octanol–water partition coefficient (Wildman–Crippen LogP) is 2.56. The molecule has 0 radical (unpaired) electrons. The summed E-state index contributed by atoms with van der Waals surface area (Å²) in [6, 6.07) is 5.19. The number of hydrogen-bond acceptors (Lipinski definition) is 7. The molecule has 1 atom stereocenters. The molecule has 1 aromatic carbocycles. The van der Waals surface area contributed by atoms with Crippen LogP contribution < -0.4 is 10.1 Å². The molecule has 0 spiro atoms. The molecule has 1 amide bonds. The second-order valence-corrected chi connectivity index (χ2v) is 5.93. The highest BCUT2D eigenvalue weighted by molar-refractivity contribution is 5.98. The minimum atomic E-state index is -1.14. The standard InChI is InChI=1S/C17H20N4O6/c1-10(2)20-15(7-8-18-20)19-16(22)11(3)27-17(23)13-9-12(21(24)25)5-6-14(13)26-4/h5-11H,1-4H3,(H,19,22). The summed E-state index contributed by atoms with van der Waals surface area (Å²) in [7, 11) is 1.32. The minimum absolute atomic E-state index is 0.0299. The molecule has 0 aliphatic heterocycles. The van der Waals surface area contributed by atoms with E-state index < -0.39 is 22.9 Å². The number of rotatable bonds is 7. The zero-order valence-electron chi connectivity index (χ0n) is 15.3. The van der Waals surface area contributed by atoms with E-state index in [1.54, 1.807) is 16.9 Å². The lowest BCUT2D eigenvalue weighted by Gasteiger charge is -2.16. The monoisotopic (exact) mass is 376 g/mol. The Balaban J connectivity index is 2.13. The molecule has 0 saturated carbocycles. The number of hydrogen-bond donors (Lipinski definition) is 1. The summed E-state index contributed by atoms with van der Waals surface area (Å²) >= 11 is 0. The van der Waals surface area contributed by atoms with Crippen molar-refractivity contribution in [3.63, 3.8) is 0 Å². The van der Waals surface area contributed by atoms with Crippen molar-refractivity contribution in [3.05, 3.63) is 46.1 Å². The van der Waals surface area contributed by atoms with Gasteiger partial charge in [0.15, 0.2) is 6.10 Å². The first kappa shape index (κ1) is 19.9. The highest BCUT2D eigenvalue weighted by Gasteiger charge is 2.24. The van der Waals surface area contributed by atoms with Crippen LogP contribution in [0.25, 0.3) is 0 Å². The van der Waals surface area contributed by atoms with Crippen LogP contribution in [0, 0.1) is 10.1 Å². The van der Waals surface area contributed by atoms with Crippen LogP contribution in [0.3, 0.4) is 0 Å². The fraction of sp³-hybridized carbons (Fsp3) is 0.353. The van der Waals surface area contributed by atoms with Crippen molar-refractivity contribution in [2.45, 2.75) is 32.9 Å². The molecule has 144 valence electrons. The number of non-ortho nitro benzene ring substituents is 1.